The first-order valence-corrected chi connectivity index (χ1v) is 9.94. The number of halogens is 2. The number of hydrogen-bond donors (Lipinski definition) is 1. The minimum atomic E-state index is -0.0696. The van der Waals surface area contributed by atoms with Crippen molar-refractivity contribution in [1.29, 1.82) is 0 Å². The Labute approximate surface area is 191 Å². The molecule has 3 rings (SSSR count). The molecule has 1 aliphatic rings. The second kappa shape index (κ2) is 12.0. The van der Waals surface area contributed by atoms with Crippen molar-refractivity contribution in [3.8, 4) is 5.75 Å². The first-order chi connectivity index (χ1) is 13.6. The molecule has 30 heavy (non-hydrogen) atoms. The maximum Gasteiger partial charge on any atom is 0.256 e. The number of rotatable bonds is 6. The van der Waals surface area contributed by atoms with Gasteiger partial charge in [-0.1, -0.05) is 18.2 Å². The van der Waals surface area contributed by atoms with Gasteiger partial charge in [-0.2, -0.15) is 0 Å². The number of hydrogen-bond acceptors (Lipinski definition) is 5. The number of anilines is 1. The molecule has 1 fully saturated rings. The molecular formula is C22H32Cl2N4O2. The fourth-order valence-electron chi connectivity index (χ4n) is 3.81. The number of nitrogens with one attached hydrogen (secondary N) is 1. The number of carbonyl (C=O) groups is 1. The van der Waals surface area contributed by atoms with Crippen LogP contribution < -0.4 is 15.0 Å². The zero-order valence-corrected chi connectivity index (χ0v) is 19.6. The number of methoxy groups -OCH3 is 1. The molecule has 166 valence electrons. The number of piperazine rings is 1. The van der Waals surface area contributed by atoms with E-state index in [1.807, 2.05) is 41.3 Å². The second-order valence-electron chi connectivity index (χ2n) is 7.25. The summed E-state index contributed by atoms with van der Waals surface area (Å²) < 4.78 is 5.53. The maximum atomic E-state index is 13.3. The van der Waals surface area contributed by atoms with E-state index in [0.29, 0.717) is 24.7 Å². The van der Waals surface area contributed by atoms with Crippen molar-refractivity contribution in [2.24, 2.45) is 0 Å². The molecule has 0 aliphatic carbocycles. The molecule has 2 heterocycles. The fourth-order valence-corrected chi connectivity index (χ4v) is 3.81. The van der Waals surface area contributed by atoms with Crippen molar-refractivity contribution in [3.63, 3.8) is 0 Å². The summed E-state index contributed by atoms with van der Waals surface area (Å²) in [5.41, 5.74) is 1.64. The highest BCUT2D eigenvalue weighted by Gasteiger charge is 2.30. The highest BCUT2D eigenvalue weighted by atomic mass is 35.5. The van der Waals surface area contributed by atoms with Crippen LogP contribution in [0.4, 0.5) is 5.82 Å². The first-order valence-electron chi connectivity index (χ1n) is 9.94. The number of amides is 1. The van der Waals surface area contributed by atoms with Crippen LogP contribution in [0.3, 0.4) is 0 Å². The third-order valence-corrected chi connectivity index (χ3v) is 5.26. The van der Waals surface area contributed by atoms with Crippen LogP contribution in [0.25, 0.3) is 0 Å². The zero-order chi connectivity index (χ0) is 20.1. The van der Waals surface area contributed by atoms with Gasteiger partial charge < -0.3 is 19.9 Å². The fraction of sp³-hybridized carbons (Fsp3) is 0.455. The topological polar surface area (TPSA) is 57.7 Å². The van der Waals surface area contributed by atoms with Crippen LogP contribution in [-0.2, 0) is 0 Å². The summed E-state index contributed by atoms with van der Waals surface area (Å²) >= 11 is 0. The first kappa shape index (κ1) is 26.0. The Balaban J connectivity index is 0.00000225. The average molecular weight is 455 g/mol. The lowest BCUT2D eigenvalue weighted by molar-refractivity contribution is 0.0631. The molecule has 2 aromatic rings. The molecule has 1 aliphatic heterocycles. The Kier molecular flexibility index (Phi) is 10.4. The average Bonchev–Trinajstić information content (AvgIpc) is 2.74. The van der Waals surface area contributed by atoms with E-state index in [1.165, 1.54) is 0 Å². The predicted molar refractivity (Wildman–Crippen MR) is 127 cm³/mol. The molecular weight excluding hydrogens is 423 g/mol. The van der Waals surface area contributed by atoms with Crippen molar-refractivity contribution in [2.75, 3.05) is 38.2 Å². The van der Waals surface area contributed by atoms with Crippen molar-refractivity contribution in [1.82, 2.24) is 15.2 Å². The van der Waals surface area contributed by atoms with Crippen molar-refractivity contribution in [2.45, 2.75) is 32.9 Å². The van der Waals surface area contributed by atoms with Gasteiger partial charge in [0.25, 0.3) is 5.91 Å². The van der Waals surface area contributed by atoms with E-state index in [-0.39, 0.29) is 36.8 Å². The standard InChI is InChI=1S/C22H30N4O2.2ClH/c1-5-25(16(2)3)21-11-10-17(14-24-21)22(27)26-13-12-23-15-19(26)18-8-6-7-9-20(18)28-4;;/h6-11,14,16,19,23H,5,12-13,15H2,1-4H3;2*1H. The molecule has 6 nitrogen and oxygen atoms in total. The zero-order valence-electron chi connectivity index (χ0n) is 18.0. The second-order valence-corrected chi connectivity index (χ2v) is 7.25. The van der Waals surface area contributed by atoms with Gasteiger partial charge in [0.05, 0.1) is 18.7 Å². The van der Waals surface area contributed by atoms with Crippen LogP contribution in [0.15, 0.2) is 42.6 Å². The Bertz CT molecular complexity index is 802. The van der Waals surface area contributed by atoms with Crippen LogP contribution in [0.5, 0.6) is 5.75 Å². The molecule has 1 aromatic carbocycles. The van der Waals surface area contributed by atoms with Crippen LogP contribution in [0.1, 0.15) is 42.7 Å². The number of pyridine rings is 1. The molecule has 1 amide bonds. The van der Waals surface area contributed by atoms with Crippen LogP contribution >= 0.6 is 24.8 Å². The highest BCUT2D eigenvalue weighted by molar-refractivity contribution is 5.94. The van der Waals surface area contributed by atoms with Gasteiger partial charge in [-0.25, -0.2) is 4.98 Å². The minimum absolute atomic E-state index is 0. The summed E-state index contributed by atoms with van der Waals surface area (Å²) in [6, 6.07) is 12.0. The molecule has 1 saturated heterocycles. The molecule has 1 atom stereocenters. The summed E-state index contributed by atoms with van der Waals surface area (Å²) in [4.78, 5) is 22.0. The SMILES string of the molecule is CCN(c1ccc(C(=O)N2CCNCC2c2ccccc2OC)cn1)C(C)C.Cl.Cl. The van der Waals surface area contributed by atoms with Crippen molar-refractivity contribution >= 4 is 36.5 Å². The lowest BCUT2D eigenvalue weighted by atomic mass is 10.0. The number of carbonyl (C=O) groups excluding carboxylic acids is 1. The van der Waals surface area contributed by atoms with E-state index in [0.717, 1.165) is 30.2 Å². The summed E-state index contributed by atoms with van der Waals surface area (Å²) in [5.74, 6) is 1.71. The van der Waals surface area contributed by atoms with Crippen LogP contribution in [0, 0.1) is 0 Å². The van der Waals surface area contributed by atoms with Crippen LogP contribution in [-0.4, -0.2) is 55.1 Å². The van der Waals surface area contributed by atoms with E-state index >= 15 is 0 Å². The van der Waals surface area contributed by atoms with Gasteiger partial charge in [0, 0.05) is 44.0 Å². The summed E-state index contributed by atoms with van der Waals surface area (Å²) in [6.45, 7) is 9.40. The number of nitrogens with zero attached hydrogens (tertiary/aromatic N) is 3. The van der Waals surface area contributed by atoms with Gasteiger partial charge in [0.15, 0.2) is 0 Å². The molecule has 0 spiro atoms. The minimum Gasteiger partial charge on any atom is -0.496 e. The molecule has 0 bridgehead atoms. The monoisotopic (exact) mass is 454 g/mol. The lowest BCUT2D eigenvalue weighted by Gasteiger charge is -2.37. The van der Waals surface area contributed by atoms with Gasteiger partial charge >= 0.3 is 0 Å². The summed E-state index contributed by atoms with van der Waals surface area (Å²) in [7, 11) is 1.66. The number of benzene rings is 1. The van der Waals surface area contributed by atoms with Gasteiger partial charge in [-0.05, 0) is 39.0 Å². The third-order valence-electron chi connectivity index (χ3n) is 5.26. The maximum absolute atomic E-state index is 13.3. The van der Waals surface area contributed by atoms with Gasteiger partial charge in [0.2, 0.25) is 0 Å². The molecule has 1 N–H and O–H groups in total. The van der Waals surface area contributed by atoms with Crippen LogP contribution in [0.2, 0.25) is 0 Å². The molecule has 1 aromatic heterocycles. The largest absolute Gasteiger partial charge is 0.496 e. The van der Waals surface area contributed by atoms with E-state index in [4.69, 9.17) is 4.74 Å². The van der Waals surface area contributed by atoms with E-state index < -0.39 is 0 Å². The van der Waals surface area contributed by atoms with Crippen molar-refractivity contribution < 1.29 is 9.53 Å². The number of aromatic nitrogens is 1. The third kappa shape index (κ3) is 5.56. The van der Waals surface area contributed by atoms with Gasteiger partial charge in [0.1, 0.15) is 11.6 Å². The Morgan fingerprint density at radius 1 is 1.27 bits per heavy atom. The van der Waals surface area contributed by atoms with E-state index in [2.05, 4.69) is 36.0 Å². The smallest absolute Gasteiger partial charge is 0.256 e. The molecule has 0 radical (unpaired) electrons. The molecule has 1 unspecified atom stereocenters. The van der Waals surface area contributed by atoms with Gasteiger partial charge in [-0.15, -0.1) is 24.8 Å². The summed E-state index contributed by atoms with van der Waals surface area (Å²) in [6.07, 6.45) is 1.70. The van der Waals surface area contributed by atoms with Crippen molar-refractivity contribution in [3.05, 3.63) is 53.7 Å². The number of ether oxygens (including phenoxy) is 1. The van der Waals surface area contributed by atoms with E-state index in [9.17, 15) is 4.79 Å². The Morgan fingerprint density at radius 3 is 2.60 bits per heavy atom. The summed E-state index contributed by atoms with van der Waals surface area (Å²) in [5, 5.41) is 3.39. The normalized spacial score (nSPS) is 15.8. The molecule has 8 heteroatoms. The Morgan fingerprint density at radius 2 is 2.00 bits per heavy atom. The number of para-hydroxylation sites is 1. The Hall–Kier alpha value is -2.02. The van der Waals surface area contributed by atoms with E-state index in [1.54, 1.807) is 13.3 Å². The van der Waals surface area contributed by atoms with Gasteiger partial charge in [-0.3, -0.25) is 4.79 Å². The lowest BCUT2D eigenvalue weighted by Crippen LogP contribution is -2.48. The quantitative estimate of drug-likeness (QED) is 0.715. The predicted octanol–water partition coefficient (Wildman–Crippen LogP) is 3.96. The molecule has 0 saturated carbocycles. The highest BCUT2D eigenvalue weighted by Crippen LogP contribution is 2.31.